The summed E-state index contributed by atoms with van der Waals surface area (Å²) in [6.07, 6.45) is -4.55. The summed E-state index contributed by atoms with van der Waals surface area (Å²) in [5, 5.41) is 10.2. The number of rotatable bonds is 4. The Bertz CT molecular complexity index is 533. The van der Waals surface area contributed by atoms with Gasteiger partial charge in [-0.05, 0) is 57.3 Å². The van der Waals surface area contributed by atoms with E-state index in [1.165, 1.54) is 12.1 Å². The van der Waals surface area contributed by atoms with Gasteiger partial charge in [-0.15, -0.1) is 0 Å². The SMILES string of the molecule is COC(=O)c1cc(I)cc(I)c1OC(F)(F)C(=O)[O-]. The van der Waals surface area contributed by atoms with Gasteiger partial charge in [-0.2, -0.15) is 8.78 Å². The summed E-state index contributed by atoms with van der Waals surface area (Å²) in [7, 11) is 1.07. The largest absolute Gasteiger partial charge is 0.541 e. The van der Waals surface area contributed by atoms with Gasteiger partial charge in [0, 0.05) is 3.57 Å². The fourth-order valence-electron chi connectivity index (χ4n) is 1.10. The van der Waals surface area contributed by atoms with Crippen LogP contribution in [0.15, 0.2) is 12.1 Å². The first-order valence-electron chi connectivity index (χ1n) is 4.54. The highest BCUT2D eigenvalue weighted by atomic mass is 127. The number of hydrogen-bond donors (Lipinski definition) is 0. The van der Waals surface area contributed by atoms with Crippen LogP contribution in [0.4, 0.5) is 8.78 Å². The van der Waals surface area contributed by atoms with Crippen LogP contribution in [0, 0.1) is 7.14 Å². The quantitative estimate of drug-likeness (QED) is 0.465. The molecule has 0 N–H and O–H groups in total. The average molecular weight is 497 g/mol. The molecule has 0 aromatic heterocycles. The third-order valence-corrected chi connectivity index (χ3v) is 3.31. The van der Waals surface area contributed by atoms with Crippen LogP contribution in [0.3, 0.4) is 0 Å². The Kier molecular flexibility index (Phi) is 5.29. The average Bonchev–Trinajstić information content (AvgIpc) is 2.31. The Morgan fingerprint density at radius 2 is 1.89 bits per heavy atom. The number of halogens is 4. The van der Waals surface area contributed by atoms with E-state index in [4.69, 9.17) is 0 Å². The number of benzene rings is 1. The molecule has 0 atom stereocenters. The highest BCUT2D eigenvalue weighted by molar-refractivity contribution is 14.1. The maximum Gasteiger partial charge on any atom is 0.441 e. The van der Waals surface area contributed by atoms with Crippen molar-refractivity contribution in [2.75, 3.05) is 7.11 Å². The molecule has 1 aromatic carbocycles. The summed E-state index contributed by atoms with van der Waals surface area (Å²) >= 11 is 3.50. The third-order valence-electron chi connectivity index (χ3n) is 1.88. The molecule has 5 nitrogen and oxygen atoms in total. The zero-order valence-electron chi connectivity index (χ0n) is 9.21. The van der Waals surface area contributed by atoms with Gasteiger partial charge in [-0.1, -0.05) is 0 Å². The first-order valence-corrected chi connectivity index (χ1v) is 6.70. The van der Waals surface area contributed by atoms with Crippen molar-refractivity contribution in [1.29, 1.82) is 0 Å². The van der Waals surface area contributed by atoms with E-state index in [1.54, 1.807) is 22.6 Å². The lowest BCUT2D eigenvalue weighted by Gasteiger charge is -2.21. The van der Waals surface area contributed by atoms with E-state index >= 15 is 0 Å². The molecule has 0 radical (unpaired) electrons. The first kappa shape index (κ1) is 16.3. The molecule has 0 saturated carbocycles. The maximum absolute atomic E-state index is 13.0. The number of esters is 1. The lowest BCUT2D eigenvalue weighted by molar-refractivity contribution is -0.350. The van der Waals surface area contributed by atoms with E-state index in [0.29, 0.717) is 3.57 Å². The molecular formula is C10H5F2I2O5-. The molecule has 9 heteroatoms. The molecule has 104 valence electrons. The molecule has 0 aliphatic heterocycles. The lowest BCUT2D eigenvalue weighted by atomic mass is 10.2. The molecule has 0 fully saturated rings. The lowest BCUT2D eigenvalue weighted by Crippen LogP contribution is -2.46. The van der Waals surface area contributed by atoms with Crippen molar-refractivity contribution in [1.82, 2.24) is 0 Å². The number of carbonyl (C=O) groups excluding carboxylic acids is 2. The van der Waals surface area contributed by atoms with Gasteiger partial charge in [0.1, 0.15) is 5.56 Å². The van der Waals surface area contributed by atoms with Crippen molar-refractivity contribution in [3.8, 4) is 5.75 Å². The van der Waals surface area contributed by atoms with Crippen molar-refractivity contribution in [3.05, 3.63) is 24.8 Å². The molecule has 0 heterocycles. The van der Waals surface area contributed by atoms with Gasteiger partial charge in [0.25, 0.3) is 0 Å². The second-order valence-corrected chi connectivity index (χ2v) is 5.57. The normalized spacial score (nSPS) is 11.0. The van der Waals surface area contributed by atoms with Crippen LogP contribution in [-0.4, -0.2) is 25.2 Å². The Labute approximate surface area is 133 Å². The van der Waals surface area contributed by atoms with E-state index < -0.39 is 23.8 Å². The van der Waals surface area contributed by atoms with Gasteiger partial charge in [0.2, 0.25) is 0 Å². The van der Waals surface area contributed by atoms with Crippen molar-refractivity contribution < 1.29 is 33.0 Å². The van der Waals surface area contributed by atoms with Gasteiger partial charge in [0.05, 0.1) is 10.7 Å². The van der Waals surface area contributed by atoms with Gasteiger partial charge < -0.3 is 19.4 Å². The van der Waals surface area contributed by atoms with E-state index in [0.717, 1.165) is 7.11 Å². The number of carboxylic acid groups (broad SMARTS) is 1. The van der Waals surface area contributed by atoms with E-state index in [9.17, 15) is 23.5 Å². The number of ether oxygens (including phenoxy) is 2. The summed E-state index contributed by atoms with van der Waals surface area (Å²) in [4.78, 5) is 21.7. The molecular weight excluding hydrogens is 492 g/mol. The number of aliphatic carboxylic acids is 1. The zero-order chi connectivity index (χ0) is 14.8. The Balaban J connectivity index is 3.34. The van der Waals surface area contributed by atoms with Gasteiger partial charge in [-0.25, -0.2) is 4.79 Å². The molecule has 0 aliphatic rings. The maximum atomic E-state index is 13.0. The van der Waals surface area contributed by atoms with Crippen LogP contribution in [0.25, 0.3) is 0 Å². The summed E-state index contributed by atoms with van der Waals surface area (Å²) < 4.78 is 35.3. The molecule has 0 aliphatic carbocycles. The monoisotopic (exact) mass is 497 g/mol. The molecule has 0 unspecified atom stereocenters. The number of carbonyl (C=O) groups is 2. The van der Waals surface area contributed by atoms with Crippen LogP contribution in [-0.2, 0) is 9.53 Å². The number of carboxylic acids is 1. The minimum Gasteiger partial charge on any atom is -0.541 e. The van der Waals surface area contributed by atoms with Crippen molar-refractivity contribution in [2.45, 2.75) is 6.11 Å². The van der Waals surface area contributed by atoms with Gasteiger partial charge in [0.15, 0.2) is 11.7 Å². The van der Waals surface area contributed by atoms with Crippen LogP contribution < -0.4 is 9.84 Å². The van der Waals surface area contributed by atoms with E-state index in [1.807, 2.05) is 22.6 Å². The highest BCUT2D eigenvalue weighted by Gasteiger charge is 2.36. The predicted molar refractivity (Wildman–Crippen MR) is 73.8 cm³/mol. The highest BCUT2D eigenvalue weighted by Crippen LogP contribution is 2.32. The van der Waals surface area contributed by atoms with Crippen LogP contribution >= 0.6 is 45.2 Å². The Morgan fingerprint density at radius 1 is 1.32 bits per heavy atom. The Morgan fingerprint density at radius 3 is 2.37 bits per heavy atom. The molecule has 0 amide bonds. The van der Waals surface area contributed by atoms with E-state index in [-0.39, 0.29) is 9.13 Å². The van der Waals surface area contributed by atoms with Gasteiger partial charge >= 0.3 is 12.1 Å². The van der Waals surface area contributed by atoms with Crippen molar-refractivity contribution >= 4 is 57.1 Å². The number of methoxy groups -OCH3 is 1. The smallest absolute Gasteiger partial charge is 0.441 e. The first-order chi connectivity index (χ1) is 8.69. The summed E-state index contributed by atoms with van der Waals surface area (Å²) in [6.45, 7) is 0. The number of hydrogen-bond acceptors (Lipinski definition) is 5. The molecule has 0 bridgehead atoms. The molecule has 1 rings (SSSR count). The minimum atomic E-state index is -4.55. The fourth-order valence-corrected chi connectivity index (χ4v) is 3.05. The van der Waals surface area contributed by atoms with Crippen molar-refractivity contribution in [2.24, 2.45) is 0 Å². The van der Waals surface area contributed by atoms with Crippen LogP contribution in [0.2, 0.25) is 0 Å². The molecule has 0 spiro atoms. The van der Waals surface area contributed by atoms with E-state index in [2.05, 4.69) is 9.47 Å². The molecule has 1 aromatic rings. The topological polar surface area (TPSA) is 75.7 Å². The van der Waals surface area contributed by atoms with Gasteiger partial charge in [-0.3, -0.25) is 0 Å². The summed E-state index contributed by atoms with van der Waals surface area (Å²) in [5.74, 6) is -4.18. The molecule has 0 saturated heterocycles. The second kappa shape index (κ2) is 6.15. The minimum absolute atomic E-state index is 0.144. The number of alkyl halides is 2. The fraction of sp³-hybridized carbons (Fsp3) is 0.200. The third kappa shape index (κ3) is 3.87. The second-order valence-electron chi connectivity index (χ2n) is 3.16. The summed E-state index contributed by atoms with van der Waals surface area (Å²) in [6, 6.07) is 2.68. The van der Waals surface area contributed by atoms with Crippen LogP contribution in [0.5, 0.6) is 5.75 Å². The van der Waals surface area contributed by atoms with Crippen molar-refractivity contribution in [3.63, 3.8) is 0 Å². The summed E-state index contributed by atoms with van der Waals surface area (Å²) in [5.41, 5.74) is -0.292. The molecule has 19 heavy (non-hydrogen) atoms. The van der Waals surface area contributed by atoms with Crippen LogP contribution in [0.1, 0.15) is 10.4 Å². The zero-order valence-corrected chi connectivity index (χ0v) is 13.5. The Hall–Kier alpha value is -0.720. The predicted octanol–water partition coefficient (Wildman–Crippen LogP) is 1.40. The standard InChI is InChI=1S/C10H6F2I2O5/c1-18-8(15)5-2-4(13)3-6(14)7(5)19-10(11,12)9(16)17/h2-3H,1H3,(H,16,17)/p-1.